The standard InChI is InChI=1S/C13H22FN5O/c1-4-6-16-13-17-8-10(14)12(19-13)15-7-5-11(20)18-9(2)3/h8-9H,4-7H2,1-3H3,(H,18,20)(H2,15,16,17,19). The number of rotatable bonds is 8. The number of amides is 1. The van der Waals surface area contributed by atoms with E-state index in [2.05, 4.69) is 25.9 Å². The lowest BCUT2D eigenvalue weighted by atomic mass is 10.3. The molecule has 6 nitrogen and oxygen atoms in total. The summed E-state index contributed by atoms with van der Waals surface area (Å²) in [6, 6.07) is 0.100. The van der Waals surface area contributed by atoms with Gasteiger partial charge in [-0.1, -0.05) is 6.92 Å². The van der Waals surface area contributed by atoms with Gasteiger partial charge in [-0.25, -0.2) is 9.37 Å². The molecular formula is C13H22FN5O. The molecule has 0 radical (unpaired) electrons. The predicted octanol–water partition coefficient (Wildman–Crippen LogP) is 1.76. The summed E-state index contributed by atoms with van der Waals surface area (Å²) in [5.74, 6) is -0.124. The molecule has 0 saturated carbocycles. The van der Waals surface area contributed by atoms with Crippen molar-refractivity contribution in [2.24, 2.45) is 0 Å². The molecule has 0 fully saturated rings. The predicted molar refractivity (Wildman–Crippen MR) is 77.2 cm³/mol. The van der Waals surface area contributed by atoms with E-state index in [0.717, 1.165) is 19.2 Å². The van der Waals surface area contributed by atoms with Gasteiger partial charge in [-0.05, 0) is 20.3 Å². The summed E-state index contributed by atoms with van der Waals surface area (Å²) in [5.41, 5.74) is 0. The normalized spacial score (nSPS) is 10.4. The highest BCUT2D eigenvalue weighted by atomic mass is 19.1. The molecule has 0 aliphatic rings. The summed E-state index contributed by atoms with van der Waals surface area (Å²) in [7, 11) is 0. The molecule has 0 aliphatic carbocycles. The van der Waals surface area contributed by atoms with Crippen LogP contribution in [0.5, 0.6) is 0 Å². The fraction of sp³-hybridized carbons (Fsp3) is 0.615. The van der Waals surface area contributed by atoms with Crippen molar-refractivity contribution in [1.29, 1.82) is 0 Å². The molecule has 0 saturated heterocycles. The zero-order valence-electron chi connectivity index (χ0n) is 12.2. The van der Waals surface area contributed by atoms with E-state index in [1.807, 2.05) is 20.8 Å². The number of halogens is 1. The van der Waals surface area contributed by atoms with Gasteiger partial charge in [0, 0.05) is 25.6 Å². The Morgan fingerprint density at radius 3 is 2.75 bits per heavy atom. The van der Waals surface area contributed by atoms with Gasteiger partial charge < -0.3 is 16.0 Å². The van der Waals surface area contributed by atoms with Gasteiger partial charge in [0.05, 0.1) is 6.20 Å². The molecule has 0 bridgehead atoms. The summed E-state index contributed by atoms with van der Waals surface area (Å²) in [4.78, 5) is 19.3. The third kappa shape index (κ3) is 5.81. The highest BCUT2D eigenvalue weighted by molar-refractivity contribution is 5.76. The third-order valence-electron chi connectivity index (χ3n) is 2.37. The Bertz CT molecular complexity index is 439. The van der Waals surface area contributed by atoms with Gasteiger partial charge in [-0.15, -0.1) is 0 Å². The zero-order chi connectivity index (χ0) is 15.0. The topological polar surface area (TPSA) is 78.9 Å². The van der Waals surface area contributed by atoms with Crippen molar-refractivity contribution in [3.05, 3.63) is 12.0 Å². The van der Waals surface area contributed by atoms with Crippen molar-refractivity contribution in [2.45, 2.75) is 39.7 Å². The molecule has 20 heavy (non-hydrogen) atoms. The number of nitrogens with zero attached hydrogens (tertiary/aromatic N) is 2. The average Bonchev–Trinajstić information content (AvgIpc) is 2.38. The first-order valence-electron chi connectivity index (χ1n) is 6.82. The van der Waals surface area contributed by atoms with Crippen molar-refractivity contribution < 1.29 is 9.18 Å². The molecule has 0 unspecified atom stereocenters. The second-order valence-electron chi connectivity index (χ2n) is 4.72. The summed E-state index contributed by atoms with van der Waals surface area (Å²) in [5, 5.41) is 8.55. The highest BCUT2D eigenvalue weighted by Crippen LogP contribution is 2.11. The number of carbonyl (C=O) groups excluding carboxylic acids is 1. The Balaban J connectivity index is 2.48. The summed E-state index contributed by atoms with van der Waals surface area (Å²) >= 11 is 0. The molecule has 112 valence electrons. The number of carbonyl (C=O) groups is 1. The fourth-order valence-corrected chi connectivity index (χ4v) is 1.50. The quantitative estimate of drug-likeness (QED) is 0.677. The molecule has 1 heterocycles. The Hall–Kier alpha value is -1.92. The molecule has 0 aromatic carbocycles. The van der Waals surface area contributed by atoms with Crippen LogP contribution in [0.25, 0.3) is 0 Å². The van der Waals surface area contributed by atoms with E-state index in [1.54, 1.807) is 0 Å². The Morgan fingerprint density at radius 1 is 1.35 bits per heavy atom. The van der Waals surface area contributed by atoms with Crippen LogP contribution in [-0.2, 0) is 4.79 Å². The number of nitrogens with one attached hydrogen (secondary N) is 3. The SMILES string of the molecule is CCCNc1ncc(F)c(NCCC(=O)NC(C)C)n1. The van der Waals surface area contributed by atoms with Crippen LogP contribution in [-0.4, -0.2) is 35.0 Å². The number of anilines is 2. The van der Waals surface area contributed by atoms with E-state index in [-0.39, 0.29) is 24.2 Å². The van der Waals surface area contributed by atoms with Crippen LogP contribution in [0.4, 0.5) is 16.2 Å². The molecule has 1 amide bonds. The second-order valence-corrected chi connectivity index (χ2v) is 4.72. The number of hydrogen-bond acceptors (Lipinski definition) is 5. The van der Waals surface area contributed by atoms with Crippen LogP contribution >= 0.6 is 0 Å². The minimum Gasteiger partial charge on any atom is -0.367 e. The second kappa shape index (κ2) is 8.29. The maximum Gasteiger partial charge on any atom is 0.224 e. The first kappa shape index (κ1) is 16.1. The number of aromatic nitrogens is 2. The van der Waals surface area contributed by atoms with Crippen LogP contribution in [0, 0.1) is 5.82 Å². The van der Waals surface area contributed by atoms with Crippen molar-refractivity contribution in [3.63, 3.8) is 0 Å². The first-order chi connectivity index (χ1) is 9.52. The molecule has 0 atom stereocenters. The lowest BCUT2D eigenvalue weighted by Crippen LogP contribution is -2.31. The molecule has 0 aliphatic heterocycles. The fourth-order valence-electron chi connectivity index (χ4n) is 1.50. The van der Waals surface area contributed by atoms with Gasteiger partial charge in [0.25, 0.3) is 0 Å². The Kier molecular flexibility index (Phi) is 6.69. The van der Waals surface area contributed by atoms with E-state index < -0.39 is 5.82 Å². The van der Waals surface area contributed by atoms with E-state index in [4.69, 9.17) is 0 Å². The Labute approximate surface area is 118 Å². The molecular weight excluding hydrogens is 261 g/mol. The molecule has 1 aromatic rings. The number of hydrogen-bond donors (Lipinski definition) is 3. The van der Waals surface area contributed by atoms with E-state index in [1.165, 1.54) is 0 Å². The van der Waals surface area contributed by atoms with Crippen LogP contribution in [0.1, 0.15) is 33.6 Å². The first-order valence-corrected chi connectivity index (χ1v) is 6.82. The summed E-state index contributed by atoms with van der Waals surface area (Å²) in [6.45, 7) is 6.84. The van der Waals surface area contributed by atoms with Gasteiger partial charge in [0.15, 0.2) is 11.6 Å². The lowest BCUT2D eigenvalue weighted by molar-refractivity contribution is -0.121. The minimum atomic E-state index is -0.531. The van der Waals surface area contributed by atoms with Gasteiger partial charge in [-0.2, -0.15) is 4.98 Å². The molecule has 1 rings (SSSR count). The van der Waals surface area contributed by atoms with Gasteiger partial charge in [-0.3, -0.25) is 4.79 Å². The maximum absolute atomic E-state index is 13.5. The molecule has 7 heteroatoms. The maximum atomic E-state index is 13.5. The summed E-state index contributed by atoms with van der Waals surface area (Å²) < 4.78 is 13.5. The average molecular weight is 283 g/mol. The monoisotopic (exact) mass is 283 g/mol. The van der Waals surface area contributed by atoms with Crippen LogP contribution in [0.2, 0.25) is 0 Å². The molecule has 3 N–H and O–H groups in total. The smallest absolute Gasteiger partial charge is 0.224 e. The largest absolute Gasteiger partial charge is 0.367 e. The zero-order valence-corrected chi connectivity index (χ0v) is 12.2. The third-order valence-corrected chi connectivity index (χ3v) is 2.37. The van der Waals surface area contributed by atoms with Crippen LogP contribution in [0.3, 0.4) is 0 Å². The van der Waals surface area contributed by atoms with E-state index in [9.17, 15) is 9.18 Å². The summed E-state index contributed by atoms with van der Waals surface area (Å²) in [6.07, 6.45) is 2.31. The Morgan fingerprint density at radius 2 is 2.10 bits per heavy atom. The van der Waals surface area contributed by atoms with Crippen molar-refractivity contribution in [3.8, 4) is 0 Å². The van der Waals surface area contributed by atoms with E-state index >= 15 is 0 Å². The molecule has 1 aromatic heterocycles. The van der Waals surface area contributed by atoms with Crippen molar-refractivity contribution in [2.75, 3.05) is 23.7 Å². The molecule has 0 spiro atoms. The van der Waals surface area contributed by atoms with Crippen molar-refractivity contribution in [1.82, 2.24) is 15.3 Å². The highest BCUT2D eigenvalue weighted by Gasteiger charge is 2.08. The van der Waals surface area contributed by atoms with Gasteiger partial charge in [0.2, 0.25) is 11.9 Å². The van der Waals surface area contributed by atoms with Crippen LogP contribution < -0.4 is 16.0 Å². The van der Waals surface area contributed by atoms with Crippen LogP contribution in [0.15, 0.2) is 6.20 Å². The van der Waals surface area contributed by atoms with E-state index in [0.29, 0.717) is 12.5 Å². The van der Waals surface area contributed by atoms with Gasteiger partial charge in [0.1, 0.15) is 0 Å². The minimum absolute atomic E-state index is 0.0775. The lowest BCUT2D eigenvalue weighted by Gasteiger charge is -2.10. The van der Waals surface area contributed by atoms with Gasteiger partial charge >= 0.3 is 0 Å². The van der Waals surface area contributed by atoms with Crippen molar-refractivity contribution >= 4 is 17.7 Å².